The van der Waals surface area contributed by atoms with Gasteiger partial charge in [0, 0.05) is 11.6 Å². The van der Waals surface area contributed by atoms with Crippen molar-refractivity contribution in [2.24, 2.45) is 5.92 Å². The third-order valence-corrected chi connectivity index (χ3v) is 4.85. The Morgan fingerprint density at radius 2 is 2.20 bits per heavy atom. The molecule has 1 aliphatic heterocycles. The van der Waals surface area contributed by atoms with Gasteiger partial charge in [0.2, 0.25) is 0 Å². The second kappa shape index (κ2) is 6.02. The standard InChI is InChI=1S/C12H27NOSi/c1-4-10(9-12(2,3)14-15)11-7-5-6-8-13-11/h10-11,13H,4-9H2,1-3,15H3. The van der Waals surface area contributed by atoms with Gasteiger partial charge >= 0.3 is 0 Å². The van der Waals surface area contributed by atoms with E-state index in [0.717, 1.165) is 22.4 Å². The molecule has 0 aromatic rings. The number of hydrogen-bond donors (Lipinski definition) is 1. The second-order valence-electron chi connectivity index (χ2n) is 5.39. The molecule has 90 valence electrons. The minimum absolute atomic E-state index is 0.0893. The Morgan fingerprint density at radius 1 is 1.47 bits per heavy atom. The molecule has 0 aromatic heterocycles. The van der Waals surface area contributed by atoms with E-state index in [9.17, 15) is 0 Å². The Kier molecular flexibility index (Phi) is 5.30. The van der Waals surface area contributed by atoms with Gasteiger partial charge in [-0.1, -0.05) is 19.8 Å². The molecular weight excluding hydrogens is 202 g/mol. The summed E-state index contributed by atoms with van der Waals surface area (Å²) in [5.41, 5.74) is 0.0893. The van der Waals surface area contributed by atoms with Crippen molar-refractivity contribution in [1.82, 2.24) is 5.32 Å². The highest BCUT2D eigenvalue weighted by Gasteiger charge is 2.28. The molecular formula is C12H27NOSi. The summed E-state index contributed by atoms with van der Waals surface area (Å²) < 4.78 is 5.67. The van der Waals surface area contributed by atoms with Gasteiger partial charge in [0.25, 0.3) is 0 Å². The van der Waals surface area contributed by atoms with Crippen molar-refractivity contribution in [2.75, 3.05) is 6.54 Å². The van der Waals surface area contributed by atoms with E-state index >= 15 is 0 Å². The van der Waals surface area contributed by atoms with Crippen LogP contribution in [0.15, 0.2) is 0 Å². The molecule has 15 heavy (non-hydrogen) atoms. The molecule has 0 spiro atoms. The molecule has 1 fully saturated rings. The Morgan fingerprint density at radius 3 is 2.67 bits per heavy atom. The summed E-state index contributed by atoms with van der Waals surface area (Å²) in [7, 11) is 0.849. The van der Waals surface area contributed by atoms with Gasteiger partial charge in [-0.3, -0.25) is 0 Å². The molecule has 2 unspecified atom stereocenters. The molecule has 1 heterocycles. The maximum absolute atomic E-state index is 5.67. The lowest BCUT2D eigenvalue weighted by atomic mass is 9.83. The van der Waals surface area contributed by atoms with E-state index in [1.807, 2.05) is 0 Å². The fraction of sp³-hybridized carbons (Fsp3) is 1.00. The predicted molar refractivity (Wildman–Crippen MR) is 69.1 cm³/mol. The maximum Gasteiger partial charge on any atom is 0.146 e. The van der Waals surface area contributed by atoms with Crippen LogP contribution in [0.25, 0.3) is 0 Å². The largest absolute Gasteiger partial charge is 0.423 e. The molecule has 1 aliphatic rings. The summed E-state index contributed by atoms with van der Waals surface area (Å²) in [5.74, 6) is 0.786. The molecule has 0 bridgehead atoms. The van der Waals surface area contributed by atoms with Gasteiger partial charge < -0.3 is 9.74 Å². The van der Waals surface area contributed by atoms with Gasteiger partial charge in [-0.15, -0.1) is 0 Å². The molecule has 2 atom stereocenters. The van der Waals surface area contributed by atoms with Crippen LogP contribution >= 0.6 is 0 Å². The van der Waals surface area contributed by atoms with Crippen LogP contribution in [0.5, 0.6) is 0 Å². The summed E-state index contributed by atoms with van der Waals surface area (Å²) in [5, 5.41) is 3.67. The SMILES string of the molecule is CCC(CC(C)(C)O[SiH3])C1CCCCN1. The van der Waals surface area contributed by atoms with Crippen LogP contribution in [0.1, 0.15) is 52.9 Å². The van der Waals surface area contributed by atoms with E-state index in [4.69, 9.17) is 4.43 Å². The summed E-state index contributed by atoms with van der Waals surface area (Å²) in [6.07, 6.45) is 6.58. The van der Waals surface area contributed by atoms with E-state index in [1.54, 1.807) is 0 Å². The predicted octanol–water partition coefficient (Wildman–Crippen LogP) is 1.62. The molecule has 0 radical (unpaired) electrons. The lowest BCUT2D eigenvalue weighted by Gasteiger charge is -2.36. The lowest BCUT2D eigenvalue weighted by Crippen LogP contribution is -2.42. The van der Waals surface area contributed by atoms with Crippen molar-refractivity contribution < 1.29 is 4.43 Å². The van der Waals surface area contributed by atoms with E-state index in [-0.39, 0.29) is 5.60 Å². The first-order valence-electron chi connectivity index (χ1n) is 6.37. The minimum Gasteiger partial charge on any atom is -0.423 e. The van der Waals surface area contributed by atoms with Crippen LogP contribution in [0.3, 0.4) is 0 Å². The van der Waals surface area contributed by atoms with E-state index in [2.05, 4.69) is 26.1 Å². The maximum atomic E-state index is 5.67. The third kappa shape index (κ3) is 4.25. The van der Waals surface area contributed by atoms with Crippen LogP contribution in [0.2, 0.25) is 0 Å². The first-order chi connectivity index (χ1) is 7.09. The van der Waals surface area contributed by atoms with E-state index < -0.39 is 0 Å². The highest BCUT2D eigenvalue weighted by Crippen LogP contribution is 2.27. The zero-order chi connectivity index (χ0) is 11.3. The van der Waals surface area contributed by atoms with Crippen molar-refractivity contribution in [3.63, 3.8) is 0 Å². The van der Waals surface area contributed by atoms with Crippen molar-refractivity contribution in [3.8, 4) is 0 Å². The fourth-order valence-electron chi connectivity index (χ4n) is 2.57. The van der Waals surface area contributed by atoms with Gasteiger partial charge in [-0.05, 0) is 45.6 Å². The van der Waals surface area contributed by atoms with Crippen LogP contribution in [-0.2, 0) is 4.43 Å². The zero-order valence-corrected chi connectivity index (χ0v) is 12.8. The summed E-state index contributed by atoms with van der Waals surface area (Å²) in [4.78, 5) is 0. The molecule has 1 N–H and O–H groups in total. The average Bonchev–Trinajstić information content (AvgIpc) is 2.27. The Hall–Kier alpha value is 0.137. The fourth-order valence-corrected chi connectivity index (χ4v) is 2.73. The summed E-state index contributed by atoms with van der Waals surface area (Å²) in [6.45, 7) is 7.98. The number of rotatable bonds is 5. The monoisotopic (exact) mass is 229 g/mol. The molecule has 3 heteroatoms. The molecule has 1 rings (SSSR count). The highest BCUT2D eigenvalue weighted by molar-refractivity contribution is 5.98. The molecule has 2 nitrogen and oxygen atoms in total. The molecule has 0 saturated carbocycles. The van der Waals surface area contributed by atoms with Crippen molar-refractivity contribution in [2.45, 2.75) is 64.5 Å². The smallest absolute Gasteiger partial charge is 0.146 e. The summed E-state index contributed by atoms with van der Waals surface area (Å²) in [6, 6.07) is 0.736. The van der Waals surface area contributed by atoms with Crippen molar-refractivity contribution >= 4 is 10.5 Å². The van der Waals surface area contributed by atoms with Gasteiger partial charge in [0.05, 0.1) is 0 Å². The normalized spacial score (nSPS) is 25.4. The van der Waals surface area contributed by atoms with Crippen molar-refractivity contribution in [3.05, 3.63) is 0 Å². The number of hydrogen-bond acceptors (Lipinski definition) is 2. The number of piperidine rings is 1. The Labute approximate surface area is 97.7 Å². The van der Waals surface area contributed by atoms with Gasteiger partial charge in [0.1, 0.15) is 10.5 Å². The van der Waals surface area contributed by atoms with Crippen molar-refractivity contribution in [1.29, 1.82) is 0 Å². The topological polar surface area (TPSA) is 21.3 Å². The average molecular weight is 229 g/mol. The van der Waals surface area contributed by atoms with Crippen LogP contribution < -0.4 is 5.32 Å². The first kappa shape index (κ1) is 13.2. The van der Waals surface area contributed by atoms with Gasteiger partial charge in [-0.2, -0.15) is 0 Å². The quantitative estimate of drug-likeness (QED) is 0.724. The molecule has 0 aromatic carbocycles. The van der Waals surface area contributed by atoms with Crippen LogP contribution in [-0.4, -0.2) is 28.7 Å². The molecule has 0 amide bonds. The Bertz CT molecular complexity index is 178. The van der Waals surface area contributed by atoms with E-state index in [0.29, 0.717) is 0 Å². The van der Waals surface area contributed by atoms with Crippen LogP contribution in [0.4, 0.5) is 0 Å². The summed E-state index contributed by atoms with van der Waals surface area (Å²) >= 11 is 0. The van der Waals surface area contributed by atoms with Gasteiger partial charge in [-0.25, -0.2) is 0 Å². The van der Waals surface area contributed by atoms with Gasteiger partial charge in [0.15, 0.2) is 0 Å². The third-order valence-electron chi connectivity index (χ3n) is 3.75. The zero-order valence-electron chi connectivity index (χ0n) is 10.8. The van der Waals surface area contributed by atoms with E-state index in [1.165, 1.54) is 38.6 Å². The molecule has 1 saturated heterocycles. The highest BCUT2D eigenvalue weighted by atomic mass is 28.2. The second-order valence-corrected chi connectivity index (χ2v) is 5.80. The lowest BCUT2D eigenvalue weighted by molar-refractivity contribution is 0.0762. The van der Waals surface area contributed by atoms with Crippen LogP contribution in [0, 0.1) is 5.92 Å². The molecule has 0 aliphatic carbocycles. The minimum atomic E-state index is 0.0893. The first-order valence-corrected chi connectivity index (χ1v) is 7.19. The number of nitrogens with one attached hydrogen (secondary N) is 1. The Balaban J connectivity index is 2.46.